The van der Waals surface area contributed by atoms with Gasteiger partial charge in [0.1, 0.15) is 11.6 Å². The largest absolute Gasteiger partial charge is 0.477 e. The van der Waals surface area contributed by atoms with Crippen molar-refractivity contribution < 1.29 is 23.1 Å². The first-order chi connectivity index (χ1) is 10.9. The Morgan fingerprint density at radius 2 is 1.83 bits per heavy atom. The number of hydrogen-bond acceptors (Lipinski definition) is 2. The number of carboxylic acid groups (broad SMARTS) is 1. The third kappa shape index (κ3) is 2.42. The monoisotopic (exact) mass is 323 g/mol. The van der Waals surface area contributed by atoms with Crippen molar-refractivity contribution in [1.82, 2.24) is 4.57 Å². The minimum absolute atomic E-state index is 0.179. The SMILES string of the molecule is O=C(O)c1c(F)n(-c2ccc(F)cc2F)c2c(c1=O)CCCC2. The molecule has 0 aliphatic heterocycles. The summed E-state index contributed by atoms with van der Waals surface area (Å²) < 4.78 is 42.6. The number of pyridine rings is 1. The van der Waals surface area contributed by atoms with E-state index in [0.717, 1.165) is 16.7 Å². The van der Waals surface area contributed by atoms with E-state index in [1.54, 1.807) is 0 Å². The Kier molecular flexibility index (Phi) is 3.71. The molecule has 120 valence electrons. The quantitative estimate of drug-likeness (QED) is 0.865. The Morgan fingerprint density at radius 1 is 1.13 bits per heavy atom. The average molecular weight is 323 g/mol. The van der Waals surface area contributed by atoms with Crippen LogP contribution in [0.3, 0.4) is 0 Å². The number of aromatic carboxylic acids is 1. The van der Waals surface area contributed by atoms with E-state index in [1.165, 1.54) is 0 Å². The highest BCUT2D eigenvalue weighted by molar-refractivity contribution is 5.88. The zero-order valence-electron chi connectivity index (χ0n) is 11.9. The molecule has 1 aliphatic carbocycles. The fraction of sp³-hybridized carbons (Fsp3) is 0.250. The van der Waals surface area contributed by atoms with Gasteiger partial charge in [0.15, 0.2) is 5.56 Å². The Labute approximate surface area is 128 Å². The van der Waals surface area contributed by atoms with Gasteiger partial charge in [-0.15, -0.1) is 0 Å². The van der Waals surface area contributed by atoms with Gasteiger partial charge in [-0.1, -0.05) is 0 Å². The fourth-order valence-corrected chi connectivity index (χ4v) is 2.95. The highest BCUT2D eigenvalue weighted by Crippen LogP contribution is 2.26. The lowest BCUT2D eigenvalue weighted by Gasteiger charge is -2.23. The average Bonchev–Trinajstić information content (AvgIpc) is 2.49. The zero-order chi connectivity index (χ0) is 16.7. The molecule has 1 aromatic carbocycles. The van der Waals surface area contributed by atoms with Gasteiger partial charge in [0.2, 0.25) is 11.4 Å². The molecule has 0 unspecified atom stereocenters. The maximum atomic E-state index is 14.7. The summed E-state index contributed by atoms with van der Waals surface area (Å²) >= 11 is 0. The molecule has 3 rings (SSSR count). The standard InChI is InChI=1S/C16H12F3NO3/c17-8-5-6-12(10(18)7-8)20-11-4-2-1-3-9(11)14(21)13(15(20)19)16(22)23/h5-7H,1-4H2,(H,22,23). The molecule has 0 saturated heterocycles. The van der Waals surface area contributed by atoms with Crippen molar-refractivity contribution >= 4 is 5.97 Å². The lowest BCUT2D eigenvalue weighted by atomic mass is 9.93. The Bertz CT molecular complexity index is 874. The van der Waals surface area contributed by atoms with Gasteiger partial charge in [0, 0.05) is 17.3 Å². The van der Waals surface area contributed by atoms with Gasteiger partial charge < -0.3 is 5.11 Å². The molecule has 1 N–H and O–H groups in total. The van der Waals surface area contributed by atoms with E-state index in [-0.39, 0.29) is 16.9 Å². The van der Waals surface area contributed by atoms with Gasteiger partial charge in [-0.25, -0.2) is 13.6 Å². The lowest BCUT2D eigenvalue weighted by molar-refractivity contribution is 0.0688. The van der Waals surface area contributed by atoms with Crippen LogP contribution < -0.4 is 5.43 Å². The van der Waals surface area contributed by atoms with Crippen LogP contribution in [0.2, 0.25) is 0 Å². The second kappa shape index (κ2) is 5.57. The maximum Gasteiger partial charge on any atom is 0.344 e. The van der Waals surface area contributed by atoms with Crippen molar-refractivity contribution in [3.05, 3.63) is 62.8 Å². The van der Waals surface area contributed by atoms with E-state index in [4.69, 9.17) is 5.11 Å². The first-order valence-corrected chi connectivity index (χ1v) is 7.06. The summed E-state index contributed by atoms with van der Waals surface area (Å²) in [6.45, 7) is 0. The normalized spacial score (nSPS) is 13.7. The lowest BCUT2D eigenvalue weighted by Crippen LogP contribution is -2.30. The second-order valence-electron chi connectivity index (χ2n) is 5.36. The van der Waals surface area contributed by atoms with E-state index < -0.39 is 34.5 Å². The van der Waals surface area contributed by atoms with E-state index >= 15 is 0 Å². The summed E-state index contributed by atoms with van der Waals surface area (Å²) in [4.78, 5) is 23.5. The van der Waals surface area contributed by atoms with Crippen molar-refractivity contribution in [2.45, 2.75) is 25.7 Å². The Balaban J connectivity index is 2.42. The zero-order valence-corrected chi connectivity index (χ0v) is 11.9. The van der Waals surface area contributed by atoms with Gasteiger partial charge in [-0.05, 0) is 37.8 Å². The summed E-state index contributed by atoms with van der Waals surface area (Å²) in [5, 5.41) is 9.13. The third-order valence-corrected chi connectivity index (χ3v) is 3.98. The van der Waals surface area contributed by atoms with Crippen LogP contribution >= 0.6 is 0 Å². The molecule has 0 fully saturated rings. The van der Waals surface area contributed by atoms with Crippen molar-refractivity contribution in [2.75, 3.05) is 0 Å². The van der Waals surface area contributed by atoms with Gasteiger partial charge in [0.05, 0.1) is 5.69 Å². The molecule has 23 heavy (non-hydrogen) atoms. The fourth-order valence-electron chi connectivity index (χ4n) is 2.95. The van der Waals surface area contributed by atoms with Crippen LogP contribution in [-0.4, -0.2) is 15.6 Å². The molecule has 0 saturated carbocycles. The van der Waals surface area contributed by atoms with Crippen LogP contribution in [-0.2, 0) is 12.8 Å². The molecule has 0 bridgehead atoms. The number of carboxylic acids is 1. The first kappa shape index (κ1) is 15.3. The van der Waals surface area contributed by atoms with Crippen LogP contribution in [0.1, 0.15) is 34.5 Å². The van der Waals surface area contributed by atoms with Gasteiger partial charge in [-0.2, -0.15) is 4.39 Å². The molecule has 0 spiro atoms. The molecule has 0 atom stereocenters. The molecule has 0 amide bonds. The number of carbonyl (C=O) groups is 1. The summed E-state index contributed by atoms with van der Waals surface area (Å²) in [6, 6.07) is 2.56. The second-order valence-corrected chi connectivity index (χ2v) is 5.36. The number of halogens is 3. The molecular weight excluding hydrogens is 311 g/mol. The van der Waals surface area contributed by atoms with Crippen LogP contribution in [0.4, 0.5) is 13.2 Å². The van der Waals surface area contributed by atoms with E-state index in [0.29, 0.717) is 31.7 Å². The number of hydrogen-bond donors (Lipinski definition) is 1. The third-order valence-electron chi connectivity index (χ3n) is 3.98. The first-order valence-electron chi connectivity index (χ1n) is 7.06. The van der Waals surface area contributed by atoms with E-state index in [1.807, 2.05) is 0 Å². The number of nitrogens with zero attached hydrogens (tertiary/aromatic N) is 1. The predicted molar refractivity (Wildman–Crippen MR) is 75.5 cm³/mol. The van der Waals surface area contributed by atoms with Gasteiger partial charge in [0.25, 0.3) is 0 Å². The summed E-state index contributed by atoms with van der Waals surface area (Å²) in [5.41, 5.74) is -1.78. The minimum atomic E-state index is -1.71. The molecule has 7 heteroatoms. The van der Waals surface area contributed by atoms with Crippen molar-refractivity contribution in [1.29, 1.82) is 0 Å². The predicted octanol–water partition coefficient (Wildman–Crippen LogP) is 2.83. The minimum Gasteiger partial charge on any atom is -0.477 e. The van der Waals surface area contributed by atoms with E-state index in [2.05, 4.69) is 0 Å². The highest BCUT2D eigenvalue weighted by atomic mass is 19.1. The number of benzene rings is 1. The summed E-state index contributed by atoms with van der Waals surface area (Å²) in [6.07, 6.45) is 1.95. The number of rotatable bonds is 2. The molecule has 4 nitrogen and oxygen atoms in total. The van der Waals surface area contributed by atoms with Crippen molar-refractivity contribution in [3.63, 3.8) is 0 Å². The smallest absolute Gasteiger partial charge is 0.344 e. The number of aromatic nitrogens is 1. The topological polar surface area (TPSA) is 59.3 Å². The maximum absolute atomic E-state index is 14.7. The van der Waals surface area contributed by atoms with Crippen molar-refractivity contribution in [2.24, 2.45) is 0 Å². The van der Waals surface area contributed by atoms with Crippen molar-refractivity contribution in [3.8, 4) is 5.69 Å². The summed E-state index contributed by atoms with van der Waals surface area (Å²) in [5.74, 6) is -4.91. The molecule has 1 aliphatic rings. The highest BCUT2D eigenvalue weighted by Gasteiger charge is 2.28. The Hall–Kier alpha value is -2.57. The molecule has 1 heterocycles. The molecule has 2 aromatic rings. The van der Waals surface area contributed by atoms with Crippen LogP contribution in [0.5, 0.6) is 0 Å². The Morgan fingerprint density at radius 3 is 2.48 bits per heavy atom. The number of fused-ring (bicyclic) bond motifs is 1. The summed E-state index contributed by atoms with van der Waals surface area (Å²) in [7, 11) is 0. The molecule has 0 radical (unpaired) electrons. The van der Waals surface area contributed by atoms with Gasteiger partial charge >= 0.3 is 5.97 Å². The molecular formula is C16H12F3NO3. The van der Waals surface area contributed by atoms with Crippen LogP contribution in [0.25, 0.3) is 5.69 Å². The van der Waals surface area contributed by atoms with Crippen LogP contribution in [0, 0.1) is 17.6 Å². The van der Waals surface area contributed by atoms with Crippen LogP contribution in [0.15, 0.2) is 23.0 Å². The van der Waals surface area contributed by atoms with E-state index in [9.17, 15) is 22.8 Å². The molecule has 1 aromatic heterocycles. The van der Waals surface area contributed by atoms with Gasteiger partial charge in [-0.3, -0.25) is 9.36 Å².